The van der Waals surface area contributed by atoms with Crippen LogP contribution in [0.2, 0.25) is 0 Å². The molecule has 4 N–H and O–H groups in total. The smallest absolute Gasteiger partial charge is 0.167 e. The molecule has 1 aromatic carbocycles. The van der Waals surface area contributed by atoms with Gasteiger partial charge in [-0.15, -0.1) is 0 Å². The summed E-state index contributed by atoms with van der Waals surface area (Å²) in [5, 5.41) is 32.9. The van der Waals surface area contributed by atoms with E-state index in [-0.39, 0.29) is 0 Å². The van der Waals surface area contributed by atoms with E-state index in [1.165, 1.54) is 18.2 Å². The molecule has 1 aliphatic heterocycles. The van der Waals surface area contributed by atoms with Crippen LogP contribution in [-0.4, -0.2) is 59.8 Å². The van der Waals surface area contributed by atoms with Crippen molar-refractivity contribution in [1.29, 1.82) is 0 Å². The van der Waals surface area contributed by atoms with E-state index in [4.69, 9.17) is 4.74 Å². The highest BCUT2D eigenvalue weighted by atomic mass is 16.6. The van der Waals surface area contributed by atoms with Crippen LogP contribution in [0.15, 0.2) is 36.9 Å². The van der Waals surface area contributed by atoms with Crippen molar-refractivity contribution >= 4 is 17.0 Å². The molecule has 0 amide bonds. The van der Waals surface area contributed by atoms with E-state index in [1.54, 1.807) is 4.57 Å². The molecular weight excluding hydrogens is 374 g/mol. The van der Waals surface area contributed by atoms with Crippen molar-refractivity contribution in [3.8, 4) is 0 Å². The Kier molecular flexibility index (Phi) is 5.46. The zero-order chi connectivity index (χ0) is 20.5. The maximum atomic E-state index is 10.3. The van der Waals surface area contributed by atoms with E-state index in [0.717, 1.165) is 5.56 Å². The number of aliphatic hydroxyl groups is 3. The van der Waals surface area contributed by atoms with Crippen molar-refractivity contribution in [2.24, 2.45) is 0 Å². The Balaban J connectivity index is 1.55. The van der Waals surface area contributed by atoms with Gasteiger partial charge in [0.25, 0.3) is 0 Å². The fraction of sp³-hybridized carbons (Fsp3) is 0.450. The van der Waals surface area contributed by atoms with Gasteiger partial charge in [0, 0.05) is 6.54 Å². The molecule has 0 saturated carbocycles. The standard InChI is InChI=1S/C20H25N5O4/c1-11(2)13-5-3-12(4-6-13)7-21-18-15-19(23-9-22-18)25(10-24-15)20-17(28)16(27)14(8-26)29-20/h3-6,9-11,14,16-17,20,26-28H,7-8H2,1-2H3,(H,21,22,23)/t14-,16-,17-,20-/m1/s1. The lowest BCUT2D eigenvalue weighted by Gasteiger charge is -2.16. The van der Waals surface area contributed by atoms with Crippen molar-refractivity contribution in [2.45, 2.75) is 50.8 Å². The minimum atomic E-state index is -1.20. The number of hydrogen-bond donors (Lipinski definition) is 4. The molecule has 9 heteroatoms. The predicted molar refractivity (Wildman–Crippen MR) is 106 cm³/mol. The maximum Gasteiger partial charge on any atom is 0.167 e. The van der Waals surface area contributed by atoms with Crippen molar-refractivity contribution in [3.05, 3.63) is 48.0 Å². The second kappa shape index (κ2) is 8.03. The highest BCUT2D eigenvalue weighted by molar-refractivity contribution is 5.82. The van der Waals surface area contributed by atoms with Crippen molar-refractivity contribution in [2.75, 3.05) is 11.9 Å². The molecule has 3 aromatic rings. The van der Waals surface area contributed by atoms with Crippen molar-refractivity contribution < 1.29 is 20.1 Å². The van der Waals surface area contributed by atoms with Crippen LogP contribution < -0.4 is 5.32 Å². The summed E-state index contributed by atoms with van der Waals surface area (Å²) in [7, 11) is 0. The van der Waals surface area contributed by atoms with E-state index < -0.39 is 31.1 Å². The Labute approximate surface area is 168 Å². The summed E-state index contributed by atoms with van der Waals surface area (Å²) < 4.78 is 7.12. The van der Waals surface area contributed by atoms with Gasteiger partial charge in [-0.2, -0.15) is 0 Å². The molecule has 154 valence electrons. The molecule has 0 bridgehead atoms. The van der Waals surface area contributed by atoms with E-state index in [2.05, 4.69) is 58.4 Å². The largest absolute Gasteiger partial charge is 0.394 e. The molecule has 0 unspecified atom stereocenters. The first-order valence-electron chi connectivity index (χ1n) is 9.62. The van der Waals surface area contributed by atoms with Gasteiger partial charge >= 0.3 is 0 Å². The number of imidazole rings is 1. The molecule has 9 nitrogen and oxygen atoms in total. The normalized spacial score (nSPS) is 24.5. The molecule has 2 aromatic heterocycles. The molecule has 3 heterocycles. The van der Waals surface area contributed by atoms with E-state index in [0.29, 0.717) is 29.4 Å². The topological polar surface area (TPSA) is 126 Å². The Hall–Kier alpha value is -2.59. The van der Waals surface area contributed by atoms with Gasteiger partial charge in [0.1, 0.15) is 24.6 Å². The number of hydrogen-bond acceptors (Lipinski definition) is 8. The molecule has 1 fully saturated rings. The summed E-state index contributed by atoms with van der Waals surface area (Å²) in [6.07, 6.45) is -1.24. The van der Waals surface area contributed by atoms with Crippen LogP contribution in [0, 0.1) is 0 Å². The first-order valence-corrected chi connectivity index (χ1v) is 9.62. The van der Waals surface area contributed by atoms with Gasteiger partial charge in [-0.1, -0.05) is 38.1 Å². The summed E-state index contributed by atoms with van der Waals surface area (Å²) in [5.74, 6) is 1.05. The molecule has 1 aliphatic rings. The van der Waals surface area contributed by atoms with Gasteiger partial charge in [0.15, 0.2) is 23.2 Å². The number of aromatic nitrogens is 4. The highest BCUT2D eigenvalue weighted by Gasteiger charge is 2.44. The third kappa shape index (κ3) is 3.69. The Morgan fingerprint density at radius 1 is 1.10 bits per heavy atom. The van der Waals surface area contributed by atoms with Crippen LogP contribution in [0.3, 0.4) is 0 Å². The quantitative estimate of drug-likeness (QED) is 0.487. The van der Waals surface area contributed by atoms with Crippen LogP contribution in [0.1, 0.15) is 37.1 Å². The number of nitrogens with zero attached hydrogens (tertiary/aromatic N) is 4. The van der Waals surface area contributed by atoms with Crippen LogP contribution >= 0.6 is 0 Å². The molecular formula is C20H25N5O4. The molecule has 4 atom stereocenters. The summed E-state index contributed by atoms with van der Waals surface area (Å²) in [6.45, 7) is 4.51. The first-order chi connectivity index (χ1) is 14.0. The summed E-state index contributed by atoms with van der Waals surface area (Å²) >= 11 is 0. The first kappa shape index (κ1) is 19.7. The van der Waals surface area contributed by atoms with Gasteiger partial charge in [-0.05, 0) is 17.0 Å². The van der Waals surface area contributed by atoms with E-state index in [1.807, 2.05) is 0 Å². The summed E-state index contributed by atoms with van der Waals surface area (Å²) in [6, 6.07) is 8.40. The Bertz CT molecular complexity index is 975. The monoisotopic (exact) mass is 399 g/mol. The summed E-state index contributed by atoms with van der Waals surface area (Å²) in [4.78, 5) is 12.9. The van der Waals surface area contributed by atoms with Crippen LogP contribution in [0.5, 0.6) is 0 Å². The number of rotatable bonds is 6. The SMILES string of the molecule is CC(C)c1ccc(CNc2ncnc3c2ncn3[C@@H]2O[C@H](CO)[C@@H](O)[C@H]2O)cc1. The van der Waals surface area contributed by atoms with Crippen LogP contribution in [0.4, 0.5) is 5.82 Å². The number of aliphatic hydroxyl groups excluding tert-OH is 3. The molecule has 1 saturated heterocycles. The Morgan fingerprint density at radius 3 is 2.52 bits per heavy atom. The Morgan fingerprint density at radius 2 is 1.86 bits per heavy atom. The zero-order valence-corrected chi connectivity index (χ0v) is 16.3. The molecule has 4 rings (SSSR count). The average Bonchev–Trinajstić information content (AvgIpc) is 3.28. The van der Waals surface area contributed by atoms with E-state index >= 15 is 0 Å². The van der Waals surface area contributed by atoms with Crippen LogP contribution in [-0.2, 0) is 11.3 Å². The number of benzene rings is 1. The van der Waals surface area contributed by atoms with Crippen molar-refractivity contribution in [1.82, 2.24) is 19.5 Å². The van der Waals surface area contributed by atoms with Gasteiger partial charge in [0.2, 0.25) is 0 Å². The number of fused-ring (bicyclic) bond motifs is 1. The molecule has 0 aliphatic carbocycles. The van der Waals surface area contributed by atoms with Crippen molar-refractivity contribution in [3.63, 3.8) is 0 Å². The van der Waals surface area contributed by atoms with Gasteiger partial charge in [0.05, 0.1) is 12.9 Å². The van der Waals surface area contributed by atoms with Crippen LogP contribution in [0.25, 0.3) is 11.2 Å². The lowest BCUT2D eigenvalue weighted by molar-refractivity contribution is -0.0511. The third-order valence-corrected chi connectivity index (χ3v) is 5.26. The van der Waals surface area contributed by atoms with Gasteiger partial charge in [-0.3, -0.25) is 4.57 Å². The second-order valence-corrected chi connectivity index (χ2v) is 7.53. The third-order valence-electron chi connectivity index (χ3n) is 5.26. The average molecular weight is 399 g/mol. The fourth-order valence-electron chi connectivity index (χ4n) is 3.48. The second-order valence-electron chi connectivity index (χ2n) is 7.53. The molecule has 0 radical (unpaired) electrons. The zero-order valence-electron chi connectivity index (χ0n) is 16.3. The lowest BCUT2D eigenvalue weighted by atomic mass is 10.0. The van der Waals surface area contributed by atoms with Gasteiger partial charge < -0.3 is 25.4 Å². The maximum absolute atomic E-state index is 10.3. The number of ether oxygens (including phenoxy) is 1. The van der Waals surface area contributed by atoms with Gasteiger partial charge in [-0.25, -0.2) is 15.0 Å². The fourth-order valence-corrected chi connectivity index (χ4v) is 3.48. The number of nitrogens with one attached hydrogen (secondary N) is 1. The highest BCUT2D eigenvalue weighted by Crippen LogP contribution is 2.32. The lowest BCUT2D eigenvalue weighted by Crippen LogP contribution is -2.33. The molecule has 0 spiro atoms. The predicted octanol–water partition coefficient (Wildman–Crippen LogP) is 1.17. The minimum absolute atomic E-state index is 0.390. The molecule has 29 heavy (non-hydrogen) atoms. The summed E-state index contributed by atoms with van der Waals surface area (Å²) in [5.41, 5.74) is 3.40. The minimum Gasteiger partial charge on any atom is -0.394 e. The van der Waals surface area contributed by atoms with E-state index in [9.17, 15) is 15.3 Å². The number of anilines is 1.